The molecule has 1 aromatic heterocycles. The largest absolute Gasteiger partial charge is 0.340 e. The number of amides is 1. The highest BCUT2D eigenvalue weighted by molar-refractivity contribution is 5.94. The molecule has 1 heterocycles. The van der Waals surface area contributed by atoms with Crippen LogP contribution >= 0.6 is 0 Å². The van der Waals surface area contributed by atoms with E-state index >= 15 is 0 Å². The number of aromatic amines is 1. The van der Waals surface area contributed by atoms with Gasteiger partial charge < -0.3 is 10.3 Å². The topological polar surface area (TPSA) is 101 Å². The highest BCUT2D eigenvalue weighted by atomic mass is 16.6. The second-order valence-corrected chi connectivity index (χ2v) is 6.26. The molecule has 0 aliphatic rings. The summed E-state index contributed by atoms with van der Waals surface area (Å²) in [6.45, 7) is 0. The number of fused-ring (bicyclic) bond motifs is 1. The van der Waals surface area contributed by atoms with E-state index in [1.54, 1.807) is 30.3 Å². The number of carbonyl (C=O) groups is 1. The van der Waals surface area contributed by atoms with Crippen LogP contribution in [-0.2, 0) is 0 Å². The number of nitro groups is 1. The Morgan fingerprint density at radius 2 is 1.68 bits per heavy atom. The summed E-state index contributed by atoms with van der Waals surface area (Å²) in [5.41, 5.74) is 2.50. The van der Waals surface area contributed by atoms with Gasteiger partial charge >= 0.3 is 0 Å². The molecule has 0 radical (unpaired) electrons. The SMILES string of the molecule is O=C(NC(c1ccccc1)c1nc2ccc([N+](=O)[O-])cc2[nH]1)c1ccccc1. The summed E-state index contributed by atoms with van der Waals surface area (Å²) in [7, 11) is 0. The van der Waals surface area contributed by atoms with Crippen LogP contribution in [-0.4, -0.2) is 20.8 Å². The maximum absolute atomic E-state index is 12.7. The monoisotopic (exact) mass is 372 g/mol. The smallest absolute Gasteiger partial charge is 0.271 e. The molecule has 7 heteroatoms. The molecule has 0 saturated heterocycles. The number of carbonyl (C=O) groups excluding carboxylic acids is 1. The Balaban J connectivity index is 1.74. The number of H-pyrrole nitrogens is 1. The van der Waals surface area contributed by atoms with E-state index in [-0.39, 0.29) is 11.6 Å². The fourth-order valence-corrected chi connectivity index (χ4v) is 3.03. The number of benzene rings is 3. The number of hydrogen-bond acceptors (Lipinski definition) is 4. The molecule has 28 heavy (non-hydrogen) atoms. The van der Waals surface area contributed by atoms with Crippen LogP contribution in [0.2, 0.25) is 0 Å². The summed E-state index contributed by atoms with van der Waals surface area (Å²) in [4.78, 5) is 30.9. The van der Waals surface area contributed by atoms with Gasteiger partial charge in [0, 0.05) is 17.7 Å². The summed E-state index contributed by atoms with van der Waals surface area (Å²) in [6, 6.07) is 22.3. The molecule has 138 valence electrons. The molecule has 2 N–H and O–H groups in total. The third kappa shape index (κ3) is 3.45. The van der Waals surface area contributed by atoms with E-state index in [4.69, 9.17) is 0 Å². The third-order valence-electron chi connectivity index (χ3n) is 4.41. The summed E-state index contributed by atoms with van der Waals surface area (Å²) >= 11 is 0. The van der Waals surface area contributed by atoms with Crippen LogP contribution < -0.4 is 5.32 Å². The molecule has 0 bridgehead atoms. The second-order valence-electron chi connectivity index (χ2n) is 6.26. The molecule has 4 rings (SSSR count). The quantitative estimate of drug-likeness (QED) is 0.408. The Morgan fingerprint density at radius 1 is 1.00 bits per heavy atom. The molecule has 0 aliphatic heterocycles. The first-order chi connectivity index (χ1) is 13.6. The van der Waals surface area contributed by atoms with Crippen LogP contribution in [0.3, 0.4) is 0 Å². The van der Waals surface area contributed by atoms with Crippen LogP contribution in [0.5, 0.6) is 0 Å². The molecule has 1 atom stereocenters. The van der Waals surface area contributed by atoms with Crippen molar-refractivity contribution in [1.29, 1.82) is 0 Å². The average molecular weight is 372 g/mol. The van der Waals surface area contributed by atoms with Crippen LogP contribution in [0.25, 0.3) is 11.0 Å². The number of nitro benzene ring substituents is 1. The molecule has 4 aromatic rings. The van der Waals surface area contributed by atoms with E-state index in [0.29, 0.717) is 22.4 Å². The summed E-state index contributed by atoms with van der Waals surface area (Å²) < 4.78 is 0. The van der Waals surface area contributed by atoms with Crippen molar-refractivity contribution in [2.75, 3.05) is 0 Å². The second kappa shape index (κ2) is 7.32. The summed E-state index contributed by atoms with van der Waals surface area (Å²) in [6.07, 6.45) is 0. The Kier molecular flexibility index (Phi) is 4.55. The molecule has 0 aliphatic carbocycles. The standard InChI is InChI=1S/C21H16N4O3/c26-21(15-9-5-2-6-10-15)24-19(14-7-3-1-4-8-14)20-22-17-12-11-16(25(27)28)13-18(17)23-20/h1-13,19H,(H,22,23)(H,24,26). The van der Waals surface area contributed by atoms with Crippen molar-refractivity contribution in [3.8, 4) is 0 Å². The van der Waals surface area contributed by atoms with Gasteiger partial charge in [-0.15, -0.1) is 0 Å². The van der Waals surface area contributed by atoms with Gasteiger partial charge in [0.25, 0.3) is 11.6 Å². The van der Waals surface area contributed by atoms with E-state index < -0.39 is 11.0 Å². The lowest BCUT2D eigenvalue weighted by molar-refractivity contribution is -0.384. The number of non-ortho nitro benzene ring substituents is 1. The predicted octanol–water partition coefficient (Wildman–Crippen LogP) is 3.99. The van der Waals surface area contributed by atoms with E-state index in [2.05, 4.69) is 15.3 Å². The highest BCUT2D eigenvalue weighted by Gasteiger charge is 2.21. The maximum atomic E-state index is 12.7. The Morgan fingerprint density at radius 3 is 2.36 bits per heavy atom. The van der Waals surface area contributed by atoms with E-state index in [1.165, 1.54) is 12.1 Å². The van der Waals surface area contributed by atoms with Crippen molar-refractivity contribution in [3.05, 3.63) is 106 Å². The van der Waals surface area contributed by atoms with Crippen molar-refractivity contribution in [3.63, 3.8) is 0 Å². The first-order valence-corrected chi connectivity index (χ1v) is 8.67. The fraction of sp³-hybridized carbons (Fsp3) is 0.0476. The Bertz CT molecular complexity index is 1140. The maximum Gasteiger partial charge on any atom is 0.271 e. The van der Waals surface area contributed by atoms with Gasteiger partial charge in [-0.25, -0.2) is 4.98 Å². The Hall–Kier alpha value is -4.00. The number of hydrogen-bond donors (Lipinski definition) is 2. The molecule has 0 fully saturated rings. The van der Waals surface area contributed by atoms with Crippen molar-refractivity contribution in [2.24, 2.45) is 0 Å². The van der Waals surface area contributed by atoms with Gasteiger partial charge in [-0.05, 0) is 23.8 Å². The zero-order chi connectivity index (χ0) is 19.5. The minimum absolute atomic E-state index is 0.0210. The lowest BCUT2D eigenvalue weighted by atomic mass is 10.1. The number of nitrogens with zero attached hydrogens (tertiary/aromatic N) is 2. The van der Waals surface area contributed by atoms with E-state index in [1.807, 2.05) is 36.4 Å². The molecule has 1 amide bonds. The zero-order valence-electron chi connectivity index (χ0n) is 14.7. The van der Waals surface area contributed by atoms with E-state index in [9.17, 15) is 14.9 Å². The van der Waals surface area contributed by atoms with Gasteiger partial charge in [-0.1, -0.05) is 48.5 Å². The predicted molar refractivity (Wildman–Crippen MR) is 105 cm³/mol. The van der Waals surface area contributed by atoms with E-state index in [0.717, 1.165) is 5.56 Å². The van der Waals surface area contributed by atoms with Gasteiger partial charge in [0.05, 0.1) is 16.0 Å². The van der Waals surface area contributed by atoms with Gasteiger partial charge in [0.15, 0.2) is 0 Å². The number of aromatic nitrogens is 2. The number of rotatable bonds is 5. The molecule has 0 spiro atoms. The van der Waals surface area contributed by atoms with Crippen LogP contribution in [0.1, 0.15) is 27.8 Å². The third-order valence-corrected chi connectivity index (χ3v) is 4.41. The first-order valence-electron chi connectivity index (χ1n) is 8.67. The van der Waals surface area contributed by atoms with Crippen molar-refractivity contribution >= 4 is 22.6 Å². The van der Waals surface area contributed by atoms with Gasteiger partial charge in [-0.3, -0.25) is 14.9 Å². The number of imidazole rings is 1. The van der Waals surface area contributed by atoms with Gasteiger partial charge in [0.1, 0.15) is 11.9 Å². The molecular weight excluding hydrogens is 356 g/mol. The number of nitrogens with one attached hydrogen (secondary N) is 2. The molecule has 1 unspecified atom stereocenters. The molecule has 3 aromatic carbocycles. The van der Waals surface area contributed by atoms with Crippen molar-refractivity contribution < 1.29 is 9.72 Å². The minimum atomic E-state index is -0.527. The minimum Gasteiger partial charge on any atom is -0.340 e. The first kappa shape index (κ1) is 17.4. The van der Waals surface area contributed by atoms with Crippen LogP contribution in [0.4, 0.5) is 5.69 Å². The van der Waals surface area contributed by atoms with Crippen molar-refractivity contribution in [2.45, 2.75) is 6.04 Å². The fourth-order valence-electron chi connectivity index (χ4n) is 3.03. The summed E-state index contributed by atoms with van der Waals surface area (Å²) in [5, 5.41) is 14.0. The molecular formula is C21H16N4O3. The average Bonchev–Trinajstić information content (AvgIpc) is 3.16. The molecule has 0 saturated carbocycles. The Labute approximate surface area is 160 Å². The lowest BCUT2D eigenvalue weighted by Crippen LogP contribution is -2.30. The van der Waals surface area contributed by atoms with Crippen LogP contribution in [0.15, 0.2) is 78.9 Å². The van der Waals surface area contributed by atoms with Crippen molar-refractivity contribution in [1.82, 2.24) is 15.3 Å². The van der Waals surface area contributed by atoms with Gasteiger partial charge in [-0.2, -0.15) is 0 Å². The van der Waals surface area contributed by atoms with Gasteiger partial charge in [0.2, 0.25) is 0 Å². The normalized spacial score (nSPS) is 11.9. The van der Waals surface area contributed by atoms with Crippen LogP contribution in [0, 0.1) is 10.1 Å². The highest BCUT2D eigenvalue weighted by Crippen LogP contribution is 2.25. The lowest BCUT2D eigenvalue weighted by Gasteiger charge is -2.17. The molecule has 7 nitrogen and oxygen atoms in total. The summed E-state index contributed by atoms with van der Waals surface area (Å²) in [5.74, 6) is 0.270. The zero-order valence-corrected chi connectivity index (χ0v) is 14.7.